The van der Waals surface area contributed by atoms with Gasteiger partial charge in [-0.2, -0.15) is 0 Å². The molecule has 1 fully saturated rings. The van der Waals surface area contributed by atoms with Gasteiger partial charge in [0, 0.05) is 24.0 Å². The summed E-state index contributed by atoms with van der Waals surface area (Å²) in [6, 6.07) is 15.9. The summed E-state index contributed by atoms with van der Waals surface area (Å²) in [6.07, 6.45) is 4.39. The molecule has 0 radical (unpaired) electrons. The lowest BCUT2D eigenvalue weighted by molar-refractivity contribution is -0.127. The predicted octanol–water partition coefficient (Wildman–Crippen LogP) is 4.78. The number of amides is 2. The van der Waals surface area contributed by atoms with E-state index in [1.165, 1.54) is 0 Å². The summed E-state index contributed by atoms with van der Waals surface area (Å²) in [4.78, 5) is 44.3. The van der Waals surface area contributed by atoms with Crippen molar-refractivity contribution >= 4 is 39.6 Å². The van der Waals surface area contributed by atoms with Gasteiger partial charge in [0.15, 0.2) is 5.58 Å². The van der Waals surface area contributed by atoms with Gasteiger partial charge in [0.2, 0.25) is 11.7 Å². The number of rotatable bonds is 8. The topological polar surface area (TPSA) is 106 Å². The first-order valence-electron chi connectivity index (χ1n) is 13.0. The minimum absolute atomic E-state index is 0.00391. The number of carbonyl (C=O) groups excluding carboxylic acids is 3. The highest BCUT2D eigenvalue weighted by molar-refractivity contribution is 6.01. The molecule has 5 rings (SSSR count). The lowest BCUT2D eigenvalue weighted by Crippen LogP contribution is -2.51. The van der Waals surface area contributed by atoms with E-state index in [2.05, 4.69) is 15.6 Å². The third-order valence-electron chi connectivity index (χ3n) is 7.32. The van der Waals surface area contributed by atoms with Crippen LogP contribution in [0.15, 0.2) is 59.0 Å². The van der Waals surface area contributed by atoms with E-state index in [1.54, 1.807) is 12.1 Å². The zero-order chi connectivity index (χ0) is 25.9. The SMILES string of the molecule is CCC[C@H](NC(=O)[C@@H]1CCCC[C@@H]1NC(=O)c1cc2ccccc2n1C)C(=O)c1nc2ccccc2o1. The molecule has 0 unspecified atom stereocenters. The molecule has 1 aliphatic carbocycles. The van der Waals surface area contributed by atoms with E-state index in [1.807, 2.05) is 61.0 Å². The van der Waals surface area contributed by atoms with Crippen LogP contribution in [0.3, 0.4) is 0 Å². The summed E-state index contributed by atoms with van der Waals surface area (Å²) >= 11 is 0. The lowest BCUT2D eigenvalue weighted by atomic mass is 9.83. The van der Waals surface area contributed by atoms with Gasteiger partial charge in [-0.05, 0) is 43.5 Å². The number of nitrogens with zero attached hydrogens (tertiary/aromatic N) is 2. The number of aryl methyl sites for hydroxylation is 1. The quantitative estimate of drug-likeness (QED) is 0.339. The highest BCUT2D eigenvalue weighted by atomic mass is 16.4. The Balaban J connectivity index is 1.31. The van der Waals surface area contributed by atoms with Crippen molar-refractivity contribution in [2.24, 2.45) is 13.0 Å². The molecule has 37 heavy (non-hydrogen) atoms. The fourth-order valence-electron chi connectivity index (χ4n) is 5.33. The molecule has 1 saturated carbocycles. The van der Waals surface area contributed by atoms with Gasteiger partial charge in [0.05, 0.1) is 12.0 Å². The maximum atomic E-state index is 13.5. The van der Waals surface area contributed by atoms with Crippen LogP contribution in [0.25, 0.3) is 22.0 Å². The number of oxazole rings is 1. The summed E-state index contributed by atoms with van der Waals surface area (Å²) < 4.78 is 7.55. The van der Waals surface area contributed by atoms with Crippen LogP contribution < -0.4 is 10.6 Å². The number of fused-ring (bicyclic) bond motifs is 2. The number of carbonyl (C=O) groups is 3. The molecule has 0 bridgehead atoms. The van der Waals surface area contributed by atoms with E-state index >= 15 is 0 Å². The Kier molecular flexibility index (Phi) is 7.08. The van der Waals surface area contributed by atoms with E-state index in [4.69, 9.17) is 4.42 Å². The largest absolute Gasteiger partial charge is 0.434 e. The number of benzene rings is 2. The second-order valence-electron chi connectivity index (χ2n) is 9.82. The number of para-hydroxylation sites is 3. The minimum atomic E-state index is -0.734. The van der Waals surface area contributed by atoms with Crippen LogP contribution >= 0.6 is 0 Å². The van der Waals surface area contributed by atoms with E-state index in [-0.39, 0.29) is 29.5 Å². The van der Waals surface area contributed by atoms with Crippen LogP contribution in [-0.2, 0) is 11.8 Å². The molecule has 8 nitrogen and oxygen atoms in total. The maximum absolute atomic E-state index is 13.5. The van der Waals surface area contributed by atoms with Crippen molar-refractivity contribution in [1.29, 1.82) is 0 Å². The zero-order valence-corrected chi connectivity index (χ0v) is 21.2. The van der Waals surface area contributed by atoms with Crippen LogP contribution in [0, 0.1) is 5.92 Å². The number of ketones is 1. The molecule has 1 aliphatic rings. The molecule has 2 N–H and O–H groups in total. The monoisotopic (exact) mass is 500 g/mol. The van der Waals surface area contributed by atoms with Crippen LogP contribution in [0.2, 0.25) is 0 Å². The second kappa shape index (κ2) is 10.6. The van der Waals surface area contributed by atoms with E-state index in [9.17, 15) is 14.4 Å². The van der Waals surface area contributed by atoms with Crippen LogP contribution in [0.4, 0.5) is 0 Å². The zero-order valence-electron chi connectivity index (χ0n) is 21.2. The Morgan fingerprint density at radius 1 is 1.08 bits per heavy atom. The van der Waals surface area contributed by atoms with Crippen molar-refractivity contribution in [1.82, 2.24) is 20.2 Å². The molecule has 8 heteroatoms. The molecule has 4 aromatic rings. The first kappa shape index (κ1) is 24.7. The number of Topliss-reactive ketones (excluding diaryl/α,β-unsaturated/α-hetero) is 1. The van der Waals surface area contributed by atoms with E-state index in [0.717, 1.165) is 23.7 Å². The predicted molar refractivity (Wildman–Crippen MR) is 141 cm³/mol. The fraction of sp³-hybridized carbons (Fsp3) is 0.379. The third-order valence-corrected chi connectivity index (χ3v) is 7.32. The first-order valence-corrected chi connectivity index (χ1v) is 13.0. The Labute approximate surface area is 215 Å². The number of nitrogens with one attached hydrogen (secondary N) is 2. The summed E-state index contributed by atoms with van der Waals surface area (Å²) in [5.74, 6) is -1.16. The molecule has 0 spiro atoms. The summed E-state index contributed by atoms with van der Waals surface area (Å²) in [6.45, 7) is 1.96. The van der Waals surface area contributed by atoms with Gasteiger partial charge >= 0.3 is 0 Å². The van der Waals surface area contributed by atoms with E-state index < -0.39 is 12.0 Å². The molecular weight excluding hydrogens is 468 g/mol. The molecule has 0 saturated heterocycles. The lowest BCUT2D eigenvalue weighted by Gasteiger charge is -2.32. The maximum Gasteiger partial charge on any atom is 0.268 e. The van der Waals surface area contributed by atoms with Crippen LogP contribution in [0.5, 0.6) is 0 Å². The number of hydrogen-bond donors (Lipinski definition) is 2. The average molecular weight is 501 g/mol. The Hall–Kier alpha value is -3.94. The van der Waals surface area contributed by atoms with Crippen molar-refractivity contribution in [3.8, 4) is 0 Å². The van der Waals surface area contributed by atoms with Crippen molar-refractivity contribution in [2.75, 3.05) is 0 Å². The first-order chi connectivity index (χ1) is 18.0. The van der Waals surface area contributed by atoms with E-state index in [0.29, 0.717) is 42.5 Å². The summed E-state index contributed by atoms with van der Waals surface area (Å²) in [5, 5.41) is 7.07. The molecule has 2 aromatic carbocycles. The van der Waals surface area contributed by atoms with Gasteiger partial charge < -0.3 is 19.6 Å². The second-order valence-corrected chi connectivity index (χ2v) is 9.82. The molecule has 0 aliphatic heterocycles. The number of hydrogen-bond acceptors (Lipinski definition) is 5. The summed E-state index contributed by atoms with van der Waals surface area (Å²) in [7, 11) is 1.87. The normalized spacial score (nSPS) is 18.5. The van der Waals surface area contributed by atoms with Gasteiger partial charge in [-0.15, -0.1) is 0 Å². The van der Waals surface area contributed by atoms with Gasteiger partial charge in [0.1, 0.15) is 11.2 Å². The van der Waals surface area contributed by atoms with Crippen LogP contribution in [-0.4, -0.2) is 39.2 Å². The third kappa shape index (κ3) is 5.01. The van der Waals surface area contributed by atoms with Gasteiger partial charge in [0.25, 0.3) is 11.8 Å². The molecule has 2 amide bonds. The molecular formula is C29H32N4O4. The summed E-state index contributed by atoms with van der Waals surface area (Å²) in [5.41, 5.74) is 2.68. The van der Waals surface area contributed by atoms with Crippen molar-refractivity contribution < 1.29 is 18.8 Å². The average Bonchev–Trinajstić information content (AvgIpc) is 3.50. The molecule has 3 atom stereocenters. The van der Waals surface area contributed by atoms with Gasteiger partial charge in [-0.25, -0.2) is 4.98 Å². The minimum Gasteiger partial charge on any atom is -0.434 e. The molecule has 192 valence electrons. The molecule has 2 heterocycles. The molecule has 2 aromatic heterocycles. The smallest absolute Gasteiger partial charge is 0.268 e. The Morgan fingerprint density at radius 3 is 2.62 bits per heavy atom. The standard InChI is InChI=1S/C29H32N4O4/c1-3-10-22(26(34)29-32-21-14-7-9-16-25(21)37-29)31-27(35)19-12-5-6-13-20(19)30-28(36)24-17-18-11-4-8-15-23(18)33(24)2/h4,7-9,11,14-17,19-20,22H,3,5-6,10,12-13H2,1-2H3,(H,30,36)(H,31,35)/t19-,20+,22+/m1/s1. The number of aromatic nitrogens is 2. The highest BCUT2D eigenvalue weighted by Crippen LogP contribution is 2.27. The Morgan fingerprint density at radius 2 is 1.84 bits per heavy atom. The van der Waals surface area contributed by atoms with Gasteiger partial charge in [-0.3, -0.25) is 14.4 Å². The van der Waals surface area contributed by atoms with Crippen molar-refractivity contribution in [3.05, 3.63) is 66.2 Å². The van der Waals surface area contributed by atoms with Gasteiger partial charge in [-0.1, -0.05) is 56.5 Å². The van der Waals surface area contributed by atoms with Crippen LogP contribution in [0.1, 0.15) is 66.6 Å². The fourth-order valence-corrected chi connectivity index (χ4v) is 5.33. The van der Waals surface area contributed by atoms with Crippen molar-refractivity contribution in [2.45, 2.75) is 57.5 Å². The highest BCUT2D eigenvalue weighted by Gasteiger charge is 2.35. The Bertz CT molecular complexity index is 1420. The van der Waals surface area contributed by atoms with Crippen molar-refractivity contribution in [3.63, 3.8) is 0 Å².